The van der Waals surface area contributed by atoms with E-state index in [0.29, 0.717) is 22.2 Å². The fourth-order valence-corrected chi connectivity index (χ4v) is 4.11. The molecular formula is C22H20ClNO4S. The Morgan fingerprint density at radius 2 is 1.55 bits per heavy atom. The van der Waals surface area contributed by atoms with Crippen LogP contribution in [0.4, 0.5) is 5.69 Å². The van der Waals surface area contributed by atoms with Gasteiger partial charge in [-0.25, -0.2) is 8.42 Å². The maximum Gasteiger partial charge on any atom is 0.224 e. The quantitative estimate of drug-likeness (QED) is 0.525. The third-order valence-corrected chi connectivity index (χ3v) is 6.19. The Balaban J connectivity index is 1.57. The molecule has 1 N–H and O–H groups in total. The molecule has 0 heterocycles. The van der Waals surface area contributed by atoms with Gasteiger partial charge in [-0.15, -0.1) is 0 Å². The van der Waals surface area contributed by atoms with Crippen molar-refractivity contribution in [3.05, 3.63) is 83.9 Å². The van der Waals surface area contributed by atoms with Crippen LogP contribution in [0.1, 0.15) is 12.8 Å². The summed E-state index contributed by atoms with van der Waals surface area (Å²) in [6.07, 6.45) is 0.283. The van der Waals surface area contributed by atoms with Crippen LogP contribution in [-0.4, -0.2) is 20.1 Å². The Labute approximate surface area is 175 Å². The summed E-state index contributed by atoms with van der Waals surface area (Å²) in [7, 11) is -3.46. The normalized spacial score (nSPS) is 11.1. The van der Waals surface area contributed by atoms with Crippen molar-refractivity contribution in [2.75, 3.05) is 11.1 Å². The monoisotopic (exact) mass is 429 g/mol. The van der Waals surface area contributed by atoms with Crippen molar-refractivity contribution in [1.82, 2.24) is 0 Å². The fourth-order valence-electron chi connectivity index (χ4n) is 2.67. The standard InChI is InChI=1S/C22H20ClNO4S/c23-17-12-14-19(15-13-17)29(26,27)16-6-11-22(25)24-20-9-4-5-10-21(20)28-18-7-2-1-3-8-18/h1-5,7-10,12-15H,6,11,16H2,(H,24,25). The van der Waals surface area contributed by atoms with E-state index in [9.17, 15) is 13.2 Å². The number of ether oxygens (including phenoxy) is 1. The first-order valence-corrected chi connectivity index (χ1v) is 11.1. The second kappa shape index (κ2) is 9.58. The Bertz CT molecular complexity index is 1070. The molecule has 0 bridgehead atoms. The van der Waals surface area contributed by atoms with Crippen molar-refractivity contribution in [1.29, 1.82) is 0 Å². The highest BCUT2D eigenvalue weighted by Crippen LogP contribution is 2.29. The van der Waals surface area contributed by atoms with Crippen LogP contribution in [0.25, 0.3) is 0 Å². The Hall–Kier alpha value is -2.83. The van der Waals surface area contributed by atoms with Gasteiger partial charge in [0.05, 0.1) is 16.3 Å². The summed E-state index contributed by atoms with van der Waals surface area (Å²) in [5.41, 5.74) is 0.530. The lowest BCUT2D eigenvalue weighted by atomic mass is 10.2. The summed E-state index contributed by atoms with van der Waals surface area (Å²) < 4.78 is 30.5. The second-order valence-corrected chi connectivity index (χ2v) is 8.88. The fraction of sp³-hybridized carbons (Fsp3) is 0.136. The van der Waals surface area contributed by atoms with Gasteiger partial charge >= 0.3 is 0 Å². The molecule has 0 aliphatic carbocycles. The SMILES string of the molecule is O=C(CCCS(=O)(=O)c1ccc(Cl)cc1)Nc1ccccc1Oc1ccccc1. The van der Waals surface area contributed by atoms with E-state index >= 15 is 0 Å². The molecule has 0 atom stereocenters. The number of hydrogen-bond acceptors (Lipinski definition) is 4. The van der Waals surface area contributed by atoms with Crippen LogP contribution in [0.5, 0.6) is 11.5 Å². The second-order valence-electron chi connectivity index (χ2n) is 6.34. The van der Waals surface area contributed by atoms with Crippen molar-refractivity contribution < 1.29 is 17.9 Å². The van der Waals surface area contributed by atoms with Gasteiger partial charge in [-0.3, -0.25) is 4.79 Å². The van der Waals surface area contributed by atoms with Crippen molar-refractivity contribution in [3.8, 4) is 11.5 Å². The van der Waals surface area contributed by atoms with Gasteiger partial charge in [-0.1, -0.05) is 41.9 Å². The van der Waals surface area contributed by atoms with Gasteiger partial charge < -0.3 is 10.1 Å². The maximum absolute atomic E-state index is 12.3. The number of hydrogen-bond donors (Lipinski definition) is 1. The smallest absolute Gasteiger partial charge is 0.224 e. The van der Waals surface area contributed by atoms with Gasteiger partial charge in [0.25, 0.3) is 0 Å². The van der Waals surface area contributed by atoms with Crippen LogP contribution >= 0.6 is 11.6 Å². The highest BCUT2D eigenvalue weighted by Gasteiger charge is 2.15. The van der Waals surface area contributed by atoms with Crippen LogP contribution < -0.4 is 10.1 Å². The van der Waals surface area contributed by atoms with E-state index in [0.717, 1.165) is 0 Å². The lowest BCUT2D eigenvalue weighted by Crippen LogP contribution is -2.14. The Kier molecular flexibility index (Phi) is 6.90. The Morgan fingerprint density at radius 1 is 0.897 bits per heavy atom. The summed E-state index contributed by atoms with van der Waals surface area (Å²) in [5, 5.41) is 3.26. The molecule has 29 heavy (non-hydrogen) atoms. The maximum atomic E-state index is 12.3. The molecule has 7 heteroatoms. The van der Waals surface area contributed by atoms with Crippen LogP contribution in [0.2, 0.25) is 5.02 Å². The summed E-state index contributed by atoms with van der Waals surface area (Å²) >= 11 is 5.79. The van der Waals surface area contributed by atoms with Crippen LogP contribution in [0.3, 0.4) is 0 Å². The number of carbonyl (C=O) groups excluding carboxylic acids is 1. The number of halogens is 1. The first-order chi connectivity index (χ1) is 13.9. The van der Waals surface area contributed by atoms with Gasteiger partial charge in [-0.2, -0.15) is 0 Å². The van der Waals surface area contributed by atoms with E-state index in [4.69, 9.17) is 16.3 Å². The highest BCUT2D eigenvalue weighted by atomic mass is 35.5. The number of rotatable bonds is 8. The molecular weight excluding hydrogens is 410 g/mol. The summed E-state index contributed by atoms with van der Waals surface area (Å²) in [4.78, 5) is 12.5. The molecule has 0 saturated carbocycles. The van der Waals surface area contributed by atoms with Crippen molar-refractivity contribution >= 4 is 33.0 Å². The van der Waals surface area contributed by atoms with Crippen LogP contribution in [0.15, 0.2) is 83.8 Å². The van der Waals surface area contributed by atoms with Crippen molar-refractivity contribution in [2.24, 2.45) is 0 Å². The number of nitrogens with one attached hydrogen (secondary N) is 1. The molecule has 0 saturated heterocycles. The van der Waals surface area contributed by atoms with Crippen LogP contribution in [0, 0.1) is 0 Å². The molecule has 150 valence electrons. The molecule has 0 radical (unpaired) electrons. The third-order valence-electron chi connectivity index (χ3n) is 4.12. The van der Waals surface area contributed by atoms with Gasteiger partial charge in [0.1, 0.15) is 5.75 Å². The summed E-state index contributed by atoms with van der Waals surface area (Å²) in [6.45, 7) is 0. The molecule has 0 fully saturated rings. The average molecular weight is 430 g/mol. The van der Waals surface area contributed by atoms with E-state index < -0.39 is 9.84 Å². The highest BCUT2D eigenvalue weighted by molar-refractivity contribution is 7.91. The predicted octanol–water partition coefficient (Wildman–Crippen LogP) is 5.32. The summed E-state index contributed by atoms with van der Waals surface area (Å²) in [5.74, 6) is 0.772. The van der Waals surface area contributed by atoms with E-state index in [1.807, 2.05) is 36.4 Å². The van der Waals surface area contributed by atoms with E-state index in [1.54, 1.807) is 18.2 Å². The van der Waals surface area contributed by atoms with Gasteiger partial charge in [0, 0.05) is 11.4 Å². The number of sulfone groups is 1. The Morgan fingerprint density at radius 3 is 2.28 bits per heavy atom. The number of anilines is 1. The van der Waals surface area contributed by atoms with E-state index in [1.165, 1.54) is 24.3 Å². The van der Waals surface area contributed by atoms with Gasteiger partial charge in [0.2, 0.25) is 5.91 Å². The third kappa shape index (κ3) is 6.07. The molecule has 0 aromatic heterocycles. The van der Waals surface area contributed by atoms with E-state index in [2.05, 4.69) is 5.32 Å². The molecule has 3 aromatic carbocycles. The van der Waals surface area contributed by atoms with Gasteiger partial charge in [0.15, 0.2) is 15.6 Å². The number of para-hydroxylation sites is 3. The molecule has 3 rings (SSSR count). The largest absolute Gasteiger partial charge is 0.455 e. The molecule has 1 amide bonds. The summed E-state index contributed by atoms with van der Waals surface area (Å²) in [6, 6.07) is 22.3. The van der Waals surface area contributed by atoms with Crippen molar-refractivity contribution in [3.63, 3.8) is 0 Å². The number of benzene rings is 3. The first-order valence-electron chi connectivity index (χ1n) is 9.04. The molecule has 0 aliphatic heterocycles. The number of carbonyl (C=O) groups is 1. The lowest BCUT2D eigenvalue weighted by molar-refractivity contribution is -0.116. The van der Waals surface area contributed by atoms with Crippen molar-refractivity contribution in [2.45, 2.75) is 17.7 Å². The minimum atomic E-state index is -3.46. The average Bonchev–Trinajstić information content (AvgIpc) is 2.70. The zero-order valence-corrected chi connectivity index (χ0v) is 17.1. The topological polar surface area (TPSA) is 72.5 Å². The zero-order chi connectivity index (χ0) is 20.7. The zero-order valence-electron chi connectivity index (χ0n) is 15.5. The lowest BCUT2D eigenvalue weighted by Gasteiger charge is -2.12. The predicted molar refractivity (Wildman–Crippen MR) is 114 cm³/mol. The molecule has 5 nitrogen and oxygen atoms in total. The number of amides is 1. The molecule has 0 spiro atoms. The molecule has 0 aliphatic rings. The minimum Gasteiger partial charge on any atom is -0.455 e. The van der Waals surface area contributed by atoms with Crippen LogP contribution in [-0.2, 0) is 14.6 Å². The minimum absolute atomic E-state index is 0.0759. The first kappa shape index (κ1) is 20.9. The van der Waals surface area contributed by atoms with Gasteiger partial charge in [-0.05, 0) is 55.0 Å². The molecule has 3 aromatic rings. The molecule has 0 unspecified atom stereocenters. The van der Waals surface area contributed by atoms with E-state index in [-0.39, 0.29) is 29.4 Å².